The van der Waals surface area contributed by atoms with Gasteiger partial charge in [-0.25, -0.2) is 4.98 Å². The lowest BCUT2D eigenvalue weighted by atomic mass is 10.1. The van der Waals surface area contributed by atoms with Crippen LogP contribution in [0.1, 0.15) is 43.3 Å². The van der Waals surface area contributed by atoms with Crippen LogP contribution in [0.25, 0.3) is 0 Å². The summed E-state index contributed by atoms with van der Waals surface area (Å²) in [6.45, 7) is 8.33. The molecular formula is C17H29IN4O2S. The monoisotopic (exact) mass is 480 g/mol. The van der Waals surface area contributed by atoms with E-state index in [4.69, 9.17) is 9.47 Å². The average Bonchev–Trinajstić information content (AvgIpc) is 3.28. The molecule has 0 radical (unpaired) electrons. The molecule has 25 heavy (non-hydrogen) atoms. The molecule has 0 bridgehead atoms. The van der Waals surface area contributed by atoms with Gasteiger partial charge in [-0.2, -0.15) is 0 Å². The van der Waals surface area contributed by atoms with Gasteiger partial charge in [-0.05, 0) is 12.8 Å². The smallest absolute Gasteiger partial charge is 0.194 e. The highest BCUT2D eigenvalue weighted by molar-refractivity contribution is 14.0. The first kappa shape index (κ1) is 20.9. The molecule has 142 valence electrons. The fourth-order valence-electron chi connectivity index (χ4n) is 3.16. The molecule has 0 spiro atoms. The maximum absolute atomic E-state index is 5.92. The predicted molar refractivity (Wildman–Crippen MR) is 112 cm³/mol. The summed E-state index contributed by atoms with van der Waals surface area (Å²) in [7, 11) is 1.83. The number of rotatable bonds is 4. The average molecular weight is 480 g/mol. The van der Waals surface area contributed by atoms with Gasteiger partial charge in [-0.3, -0.25) is 4.99 Å². The van der Waals surface area contributed by atoms with Gasteiger partial charge in [0.05, 0.1) is 30.0 Å². The Morgan fingerprint density at radius 2 is 2.20 bits per heavy atom. The van der Waals surface area contributed by atoms with Crippen LogP contribution in [0.4, 0.5) is 0 Å². The van der Waals surface area contributed by atoms with Crippen molar-refractivity contribution in [2.45, 2.75) is 51.4 Å². The summed E-state index contributed by atoms with van der Waals surface area (Å²) in [6.07, 6.45) is 2.62. The Hall–Kier alpha value is -0.450. The fourth-order valence-corrected chi connectivity index (χ4v) is 3.99. The van der Waals surface area contributed by atoms with Crippen molar-refractivity contribution in [1.29, 1.82) is 0 Å². The molecule has 0 aromatic carbocycles. The molecule has 0 saturated carbocycles. The van der Waals surface area contributed by atoms with Gasteiger partial charge in [0.15, 0.2) is 5.96 Å². The Labute approximate surface area is 171 Å². The molecule has 1 aromatic rings. The largest absolute Gasteiger partial charge is 0.375 e. The molecule has 2 saturated heterocycles. The van der Waals surface area contributed by atoms with E-state index in [0.29, 0.717) is 12.5 Å². The van der Waals surface area contributed by atoms with Crippen LogP contribution in [0.15, 0.2) is 10.4 Å². The number of thiazole rings is 1. The quantitative estimate of drug-likeness (QED) is 0.408. The predicted octanol–water partition coefficient (Wildman–Crippen LogP) is 2.84. The Morgan fingerprint density at radius 1 is 1.40 bits per heavy atom. The van der Waals surface area contributed by atoms with Gasteiger partial charge in [0.1, 0.15) is 6.10 Å². The molecule has 8 heteroatoms. The first-order chi connectivity index (χ1) is 11.7. The van der Waals surface area contributed by atoms with Crippen LogP contribution in [0.5, 0.6) is 0 Å². The third kappa shape index (κ3) is 5.51. The maximum atomic E-state index is 5.92. The third-order valence-electron chi connectivity index (χ3n) is 4.48. The molecule has 6 nitrogen and oxygen atoms in total. The second-order valence-corrected chi connectivity index (χ2v) is 7.53. The molecule has 2 aliphatic rings. The van der Waals surface area contributed by atoms with Crippen LogP contribution < -0.4 is 5.32 Å². The van der Waals surface area contributed by atoms with E-state index in [2.05, 4.69) is 39.4 Å². The van der Waals surface area contributed by atoms with Crippen LogP contribution in [0.3, 0.4) is 0 Å². The molecular weight excluding hydrogens is 451 g/mol. The van der Waals surface area contributed by atoms with E-state index >= 15 is 0 Å². The van der Waals surface area contributed by atoms with Crippen LogP contribution in [0, 0.1) is 0 Å². The van der Waals surface area contributed by atoms with E-state index < -0.39 is 0 Å². The number of halogens is 1. The lowest BCUT2D eigenvalue weighted by Crippen LogP contribution is -2.53. The van der Waals surface area contributed by atoms with E-state index in [-0.39, 0.29) is 36.2 Å². The van der Waals surface area contributed by atoms with Gasteiger partial charge in [0, 0.05) is 38.0 Å². The summed E-state index contributed by atoms with van der Waals surface area (Å²) in [5.74, 6) is 1.40. The summed E-state index contributed by atoms with van der Waals surface area (Å²) in [5, 5.41) is 6.76. The molecule has 2 atom stereocenters. The van der Waals surface area contributed by atoms with Crippen molar-refractivity contribution >= 4 is 41.3 Å². The van der Waals surface area contributed by atoms with Crippen molar-refractivity contribution < 1.29 is 9.47 Å². The zero-order valence-electron chi connectivity index (χ0n) is 15.2. The first-order valence-electron chi connectivity index (χ1n) is 8.80. The minimum Gasteiger partial charge on any atom is -0.375 e. The normalized spacial score (nSPS) is 24.5. The molecule has 3 heterocycles. The standard InChI is InChI=1S/C17H28N4O2S.HI/c1-12(2)16-20-13(11-24-16)9-19-17(18-3)21-6-8-23-15(10-21)14-5-4-7-22-14;/h11-12,14-15H,4-10H2,1-3H3,(H,18,19);1H. The van der Waals surface area contributed by atoms with Crippen LogP contribution in [0.2, 0.25) is 0 Å². The van der Waals surface area contributed by atoms with E-state index in [9.17, 15) is 0 Å². The summed E-state index contributed by atoms with van der Waals surface area (Å²) in [4.78, 5) is 11.4. The highest BCUT2D eigenvalue weighted by Gasteiger charge is 2.32. The van der Waals surface area contributed by atoms with E-state index in [0.717, 1.165) is 50.8 Å². The number of guanidine groups is 1. The van der Waals surface area contributed by atoms with Crippen molar-refractivity contribution in [1.82, 2.24) is 15.2 Å². The number of aromatic nitrogens is 1. The van der Waals surface area contributed by atoms with Gasteiger partial charge in [-0.15, -0.1) is 35.3 Å². The van der Waals surface area contributed by atoms with Crippen molar-refractivity contribution in [2.24, 2.45) is 4.99 Å². The molecule has 1 aromatic heterocycles. The number of hydrogen-bond acceptors (Lipinski definition) is 5. The van der Waals surface area contributed by atoms with E-state index in [1.165, 1.54) is 5.01 Å². The van der Waals surface area contributed by atoms with Gasteiger partial charge < -0.3 is 19.7 Å². The Bertz CT molecular complexity index is 561. The number of nitrogens with one attached hydrogen (secondary N) is 1. The minimum atomic E-state index is 0. The van der Waals surface area contributed by atoms with Crippen molar-refractivity contribution in [3.63, 3.8) is 0 Å². The number of nitrogens with zero attached hydrogens (tertiary/aromatic N) is 3. The summed E-state index contributed by atoms with van der Waals surface area (Å²) < 4.78 is 11.7. The van der Waals surface area contributed by atoms with Gasteiger partial charge in [0.2, 0.25) is 0 Å². The summed E-state index contributed by atoms with van der Waals surface area (Å²) in [5.41, 5.74) is 1.08. The van der Waals surface area contributed by atoms with Crippen LogP contribution in [-0.4, -0.2) is 61.4 Å². The molecule has 2 aliphatic heterocycles. The molecule has 2 unspecified atom stereocenters. The minimum absolute atomic E-state index is 0. The Balaban J connectivity index is 0.00000225. The topological polar surface area (TPSA) is 59.0 Å². The Morgan fingerprint density at radius 3 is 2.84 bits per heavy atom. The van der Waals surface area contributed by atoms with Gasteiger partial charge in [-0.1, -0.05) is 13.8 Å². The first-order valence-corrected chi connectivity index (χ1v) is 9.68. The van der Waals surface area contributed by atoms with Gasteiger partial charge >= 0.3 is 0 Å². The zero-order chi connectivity index (χ0) is 16.9. The molecule has 0 amide bonds. The second kappa shape index (κ2) is 10.0. The zero-order valence-corrected chi connectivity index (χ0v) is 18.4. The fraction of sp³-hybridized carbons (Fsp3) is 0.765. The SMILES string of the molecule is CN=C(NCc1csc(C(C)C)n1)N1CCOC(C2CCCO2)C1.I. The highest BCUT2D eigenvalue weighted by atomic mass is 127. The van der Waals surface area contributed by atoms with Crippen molar-refractivity contribution in [3.05, 3.63) is 16.1 Å². The summed E-state index contributed by atoms with van der Waals surface area (Å²) >= 11 is 1.73. The highest BCUT2D eigenvalue weighted by Crippen LogP contribution is 2.21. The summed E-state index contributed by atoms with van der Waals surface area (Å²) in [6, 6.07) is 0. The van der Waals surface area contributed by atoms with Gasteiger partial charge in [0.25, 0.3) is 0 Å². The van der Waals surface area contributed by atoms with Crippen molar-refractivity contribution in [2.75, 3.05) is 33.4 Å². The molecule has 2 fully saturated rings. The maximum Gasteiger partial charge on any atom is 0.194 e. The lowest BCUT2D eigenvalue weighted by Gasteiger charge is -2.37. The Kier molecular flexibility index (Phi) is 8.37. The number of morpholine rings is 1. The van der Waals surface area contributed by atoms with Crippen LogP contribution in [-0.2, 0) is 16.0 Å². The van der Waals surface area contributed by atoms with Crippen LogP contribution >= 0.6 is 35.3 Å². The molecule has 1 N–H and O–H groups in total. The van der Waals surface area contributed by atoms with E-state index in [1.54, 1.807) is 11.3 Å². The molecule has 0 aliphatic carbocycles. The third-order valence-corrected chi connectivity index (χ3v) is 5.67. The van der Waals surface area contributed by atoms with Crippen molar-refractivity contribution in [3.8, 4) is 0 Å². The molecule has 3 rings (SSSR count). The lowest BCUT2D eigenvalue weighted by molar-refractivity contribution is -0.0817. The number of aliphatic imine (C=N–C) groups is 1. The second-order valence-electron chi connectivity index (χ2n) is 6.64. The van der Waals surface area contributed by atoms with E-state index in [1.807, 2.05) is 7.05 Å². The number of ether oxygens (including phenoxy) is 2. The number of hydrogen-bond donors (Lipinski definition) is 1.